The van der Waals surface area contributed by atoms with Crippen molar-refractivity contribution in [1.29, 1.82) is 0 Å². The van der Waals surface area contributed by atoms with Crippen LogP contribution >= 0.6 is 11.6 Å². The van der Waals surface area contributed by atoms with E-state index in [1.54, 1.807) is 12.1 Å². The van der Waals surface area contributed by atoms with Crippen LogP contribution in [-0.2, 0) is 24.3 Å². The molecule has 7 heteroatoms. The molecule has 0 spiro atoms. The zero-order valence-electron chi connectivity index (χ0n) is 19.3. The Labute approximate surface area is 208 Å². The van der Waals surface area contributed by atoms with Gasteiger partial charge < -0.3 is 14.8 Å². The molecule has 3 aromatic rings. The second-order valence-electron chi connectivity index (χ2n) is 9.78. The third-order valence-electron chi connectivity index (χ3n) is 7.36. The summed E-state index contributed by atoms with van der Waals surface area (Å²) in [6, 6.07) is 16.4. The van der Waals surface area contributed by atoms with E-state index < -0.39 is 0 Å². The van der Waals surface area contributed by atoms with Gasteiger partial charge in [-0.1, -0.05) is 41.9 Å². The number of nitrogens with one attached hydrogen (secondary N) is 1. The molecule has 3 aliphatic rings. The van der Waals surface area contributed by atoms with Gasteiger partial charge in [0, 0.05) is 47.9 Å². The van der Waals surface area contributed by atoms with E-state index >= 15 is 0 Å². The maximum atomic E-state index is 13.5. The van der Waals surface area contributed by atoms with Crippen LogP contribution in [0, 0.1) is 5.92 Å². The maximum Gasteiger partial charge on any atom is 0.258 e. The van der Waals surface area contributed by atoms with Crippen molar-refractivity contribution in [2.75, 3.05) is 6.54 Å². The van der Waals surface area contributed by atoms with Crippen molar-refractivity contribution in [3.05, 3.63) is 92.4 Å². The van der Waals surface area contributed by atoms with Crippen LogP contribution in [0.2, 0.25) is 5.02 Å². The number of carbonyl (C=O) groups excluding carboxylic acids is 2. The van der Waals surface area contributed by atoms with Crippen LogP contribution in [0.15, 0.2) is 59.4 Å². The lowest BCUT2D eigenvalue weighted by Gasteiger charge is -2.32. The van der Waals surface area contributed by atoms with E-state index in [2.05, 4.69) is 5.32 Å². The Bertz CT molecular complexity index is 1410. The van der Waals surface area contributed by atoms with Gasteiger partial charge in [0.2, 0.25) is 5.91 Å². The molecule has 1 aromatic heterocycles. The summed E-state index contributed by atoms with van der Waals surface area (Å²) in [7, 11) is 0. The summed E-state index contributed by atoms with van der Waals surface area (Å²) in [6.45, 7) is 1.75. The third-order valence-corrected chi connectivity index (χ3v) is 7.60. The van der Waals surface area contributed by atoms with Crippen molar-refractivity contribution < 1.29 is 9.59 Å². The van der Waals surface area contributed by atoms with Gasteiger partial charge in [-0.05, 0) is 59.7 Å². The first kappa shape index (κ1) is 22.1. The minimum Gasteiger partial charge on any atom is -0.345 e. The quantitative estimate of drug-likeness (QED) is 0.582. The molecule has 2 aromatic carbocycles. The molecule has 1 N–H and O–H groups in total. The van der Waals surface area contributed by atoms with E-state index in [-0.39, 0.29) is 29.8 Å². The molecule has 178 valence electrons. The lowest BCUT2D eigenvalue weighted by molar-refractivity contribution is -0.132. The van der Waals surface area contributed by atoms with Gasteiger partial charge in [-0.25, -0.2) is 0 Å². The van der Waals surface area contributed by atoms with E-state index in [0.29, 0.717) is 41.6 Å². The van der Waals surface area contributed by atoms with Gasteiger partial charge in [-0.3, -0.25) is 14.4 Å². The van der Waals surface area contributed by atoms with Gasteiger partial charge in [0.25, 0.3) is 11.5 Å². The Balaban J connectivity index is 1.30. The standard InChI is InChI=1S/C28H26ClN3O3/c29-20-5-3-4-18(12-20)23-13-19-16-31(11-10-25(19)32(28(23)35)15-17-8-9-17)26(33)14-24-21-6-1-2-7-22(21)27(34)30-24/h1-7,12-13,17,24H,8-11,14-16H2,(H,30,34). The summed E-state index contributed by atoms with van der Waals surface area (Å²) < 4.78 is 1.94. The molecule has 6 nitrogen and oxygen atoms in total. The lowest BCUT2D eigenvalue weighted by Crippen LogP contribution is -2.40. The number of pyridine rings is 1. The first-order valence-electron chi connectivity index (χ1n) is 12.2. The van der Waals surface area contributed by atoms with Gasteiger partial charge in [0.15, 0.2) is 0 Å². The monoisotopic (exact) mass is 487 g/mol. The number of hydrogen-bond acceptors (Lipinski definition) is 3. The van der Waals surface area contributed by atoms with Crippen LogP contribution in [0.3, 0.4) is 0 Å². The fourth-order valence-corrected chi connectivity index (χ4v) is 5.52. The van der Waals surface area contributed by atoms with Crippen molar-refractivity contribution in [2.45, 2.75) is 44.8 Å². The van der Waals surface area contributed by atoms with E-state index in [4.69, 9.17) is 11.6 Å². The number of halogens is 1. The fourth-order valence-electron chi connectivity index (χ4n) is 5.33. The number of aromatic nitrogens is 1. The van der Waals surface area contributed by atoms with Gasteiger partial charge in [-0.15, -0.1) is 0 Å². The predicted octanol–water partition coefficient (Wildman–Crippen LogP) is 4.34. The van der Waals surface area contributed by atoms with Crippen molar-refractivity contribution in [3.8, 4) is 11.1 Å². The molecule has 3 heterocycles. The molecule has 1 aliphatic carbocycles. The average molecular weight is 488 g/mol. The zero-order chi connectivity index (χ0) is 24.1. The zero-order valence-corrected chi connectivity index (χ0v) is 20.1. The Morgan fingerprint density at radius 3 is 2.66 bits per heavy atom. The number of hydrogen-bond donors (Lipinski definition) is 1. The Morgan fingerprint density at radius 2 is 1.86 bits per heavy atom. The maximum absolute atomic E-state index is 13.5. The van der Waals surface area contributed by atoms with Gasteiger partial charge in [0.05, 0.1) is 12.5 Å². The molecule has 1 fully saturated rings. The van der Waals surface area contributed by atoms with Crippen molar-refractivity contribution in [2.24, 2.45) is 5.92 Å². The van der Waals surface area contributed by atoms with E-state index in [9.17, 15) is 14.4 Å². The molecular weight excluding hydrogens is 462 g/mol. The van der Waals surface area contributed by atoms with Crippen LogP contribution in [0.4, 0.5) is 0 Å². The molecule has 0 saturated heterocycles. The summed E-state index contributed by atoms with van der Waals surface area (Å²) in [5, 5.41) is 3.53. The Hall–Kier alpha value is -3.38. The molecule has 2 amide bonds. The van der Waals surface area contributed by atoms with Crippen LogP contribution in [0.1, 0.15) is 52.5 Å². The minimum atomic E-state index is -0.307. The molecule has 2 aliphatic heterocycles. The van der Waals surface area contributed by atoms with Crippen molar-refractivity contribution in [3.63, 3.8) is 0 Å². The van der Waals surface area contributed by atoms with E-state index in [1.807, 2.05) is 51.9 Å². The molecule has 0 radical (unpaired) electrons. The first-order chi connectivity index (χ1) is 17.0. The largest absolute Gasteiger partial charge is 0.345 e. The van der Waals surface area contributed by atoms with Crippen LogP contribution in [-0.4, -0.2) is 27.8 Å². The summed E-state index contributed by atoms with van der Waals surface area (Å²) in [4.78, 5) is 40.9. The predicted molar refractivity (Wildman–Crippen MR) is 134 cm³/mol. The summed E-state index contributed by atoms with van der Waals surface area (Å²) >= 11 is 6.22. The highest BCUT2D eigenvalue weighted by atomic mass is 35.5. The van der Waals surface area contributed by atoms with Gasteiger partial charge in [0.1, 0.15) is 0 Å². The second-order valence-corrected chi connectivity index (χ2v) is 10.2. The van der Waals surface area contributed by atoms with Crippen LogP contribution < -0.4 is 10.9 Å². The number of amides is 2. The lowest BCUT2D eigenvalue weighted by atomic mass is 9.97. The molecule has 6 rings (SSSR count). The molecule has 1 unspecified atom stereocenters. The highest BCUT2D eigenvalue weighted by Gasteiger charge is 2.33. The summed E-state index contributed by atoms with van der Waals surface area (Å²) in [5.41, 5.74) is 5.01. The Morgan fingerprint density at radius 1 is 1.03 bits per heavy atom. The highest BCUT2D eigenvalue weighted by molar-refractivity contribution is 6.30. The third kappa shape index (κ3) is 4.16. The fraction of sp³-hybridized carbons (Fsp3) is 0.321. The smallest absolute Gasteiger partial charge is 0.258 e. The molecule has 0 bridgehead atoms. The van der Waals surface area contributed by atoms with Crippen molar-refractivity contribution in [1.82, 2.24) is 14.8 Å². The number of rotatable bonds is 5. The number of fused-ring (bicyclic) bond motifs is 2. The average Bonchev–Trinajstić information content (AvgIpc) is 3.63. The molecular formula is C28H26ClN3O3. The first-order valence-corrected chi connectivity index (χ1v) is 12.5. The molecule has 1 atom stereocenters. The number of nitrogens with zero attached hydrogens (tertiary/aromatic N) is 2. The van der Waals surface area contributed by atoms with Crippen LogP contribution in [0.5, 0.6) is 0 Å². The molecule has 35 heavy (non-hydrogen) atoms. The minimum absolute atomic E-state index is 0.00176. The van der Waals surface area contributed by atoms with Crippen molar-refractivity contribution >= 4 is 23.4 Å². The van der Waals surface area contributed by atoms with Gasteiger partial charge >= 0.3 is 0 Å². The normalized spacial score (nSPS) is 18.7. The SMILES string of the molecule is O=C1NC(CC(=O)N2CCc3c(cc(-c4cccc(Cl)c4)c(=O)n3CC3CC3)C2)c2ccccc21. The topological polar surface area (TPSA) is 71.4 Å². The van der Waals surface area contributed by atoms with E-state index in [0.717, 1.165) is 41.8 Å². The number of benzene rings is 2. The second kappa shape index (κ2) is 8.68. The molecule has 1 saturated carbocycles. The summed E-state index contributed by atoms with van der Waals surface area (Å²) in [6.07, 6.45) is 3.18. The van der Waals surface area contributed by atoms with Gasteiger partial charge in [-0.2, -0.15) is 0 Å². The van der Waals surface area contributed by atoms with Crippen LogP contribution in [0.25, 0.3) is 11.1 Å². The van der Waals surface area contributed by atoms with E-state index in [1.165, 1.54) is 0 Å². The number of carbonyl (C=O) groups is 2. The Kier molecular flexibility index (Phi) is 5.49. The highest BCUT2D eigenvalue weighted by Crippen LogP contribution is 2.33. The summed E-state index contributed by atoms with van der Waals surface area (Å²) in [5.74, 6) is 0.427.